The summed E-state index contributed by atoms with van der Waals surface area (Å²) in [5, 5.41) is 21.1. The second kappa shape index (κ2) is 8.00. The standard InChI is InChI=1S/C18H16N4O4S/c1-11-3-5-13(6-4-11)17-20-21-18(26-17)27-12(2)16(23)19-14-7-9-15(10-8-14)22(24)25/h3-10,12H,1-2H3,(H,19,23). The van der Waals surface area contributed by atoms with E-state index < -0.39 is 10.2 Å². The highest BCUT2D eigenvalue weighted by atomic mass is 32.2. The molecule has 0 aliphatic carbocycles. The molecule has 0 saturated heterocycles. The van der Waals surface area contributed by atoms with Crippen LogP contribution in [0.15, 0.2) is 58.2 Å². The zero-order chi connectivity index (χ0) is 19.4. The maximum Gasteiger partial charge on any atom is 0.277 e. The minimum absolute atomic E-state index is 0.0371. The summed E-state index contributed by atoms with van der Waals surface area (Å²) in [6.45, 7) is 3.70. The number of nitrogens with one attached hydrogen (secondary N) is 1. The van der Waals surface area contributed by atoms with Crippen molar-refractivity contribution < 1.29 is 14.1 Å². The fourth-order valence-electron chi connectivity index (χ4n) is 2.19. The van der Waals surface area contributed by atoms with E-state index in [1.807, 2.05) is 31.2 Å². The van der Waals surface area contributed by atoms with Gasteiger partial charge in [-0.15, -0.1) is 10.2 Å². The van der Waals surface area contributed by atoms with Crippen LogP contribution in [0.3, 0.4) is 0 Å². The predicted molar refractivity (Wildman–Crippen MR) is 102 cm³/mol. The molecule has 0 aliphatic rings. The SMILES string of the molecule is Cc1ccc(-c2nnc(SC(C)C(=O)Nc3ccc([N+](=O)[O-])cc3)o2)cc1. The van der Waals surface area contributed by atoms with E-state index in [-0.39, 0.29) is 16.8 Å². The molecule has 1 unspecified atom stereocenters. The van der Waals surface area contributed by atoms with Crippen molar-refractivity contribution >= 4 is 29.0 Å². The lowest BCUT2D eigenvalue weighted by Crippen LogP contribution is -2.22. The first-order chi connectivity index (χ1) is 12.9. The van der Waals surface area contributed by atoms with Gasteiger partial charge in [-0.3, -0.25) is 14.9 Å². The van der Waals surface area contributed by atoms with Gasteiger partial charge in [0.25, 0.3) is 10.9 Å². The Morgan fingerprint density at radius 2 is 1.81 bits per heavy atom. The molecule has 0 radical (unpaired) electrons. The number of nitro groups is 1. The van der Waals surface area contributed by atoms with Gasteiger partial charge in [0.05, 0.1) is 10.2 Å². The fourth-order valence-corrected chi connectivity index (χ4v) is 2.87. The average Bonchev–Trinajstić information content (AvgIpc) is 3.11. The molecule has 0 spiro atoms. The summed E-state index contributed by atoms with van der Waals surface area (Å²) in [6, 6.07) is 13.3. The second-order valence-electron chi connectivity index (χ2n) is 5.79. The first kappa shape index (κ1) is 18.6. The molecule has 1 N–H and O–H groups in total. The van der Waals surface area contributed by atoms with E-state index in [1.54, 1.807) is 6.92 Å². The molecule has 0 bridgehead atoms. The Kier molecular flexibility index (Phi) is 5.51. The van der Waals surface area contributed by atoms with Gasteiger partial charge in [0.1, 0.15) is 0 Å². The van der Waals surface area contributed by atoms with Gasteiger partial charge in [0.2, 0.25) is 11.8 Å². The average molecular weight is 384 g/mol. The molecule has 0 saturated carbocycles. The molecular formula is C18H16N4O4S. The van der Waals surface area contributed by atoms with Gasteiger partial charge in [-0.25, -0.2) is 0 Å². The molecule has 138 valence electrons. The number of hydrogen-bond acceptors (Lipinski definition) is 7. The largest absolute Gasteiger partial charge is 0.411 e. The van der Waals surface area contributed by atoms with Crippen molar-refractivity contribution in [2.45, 2.75) is 24.3 Å². The third kappa shape index (κ3) is 4.70. The van der Waals surface area contributed by atoms with E-state index in [0.717, 1.165) is 22.9 Å². The number of nitrogens with zero attached hydrogens (tertiary/aromatic N) is 3. The van der Waals surface area contributed by atoms with E-state index in [2.05, 4.69) is 15.5 Å². The second-order valence-corrected chi connectivity index (χ2v) is 7.08. The summed E-state index contributed by atoms with van der Waals surface area (Å²) in [5.41, 5.74) is 2.38. The maximum atomic E-state index is 12.3. The quantitative estimate of drug-likeness (QED) is 0.387. The van der Waals surface area contributed by atoms with Crippen molar-refractivity contribution in [2.75, 3.05) is 5.32 Å². The van der Waals surface area contributed by atoms with Crippen LogP contribution < -0.4 is 5.32 Å². The maximum absolute atomic E-state index is 12.3. The summed E-state index contributed by atoms with van der Waals surface area (Å²) in [7, 11) is 0. The van der Waals surface area contributed by atoms with Crippen LogP contribution in [0.4, 0.5) is 11.4 Å². The van der Waals surface area contributed by atoms with Crippen molar-refractivity contribution in [2.24, 2.45) is 0 Å². The van der Waals surface area contributed by atoms with Gasteiger partial charge < -0.3 is 9.73 Å². The zero-order valence-corrected chi connectivity index (χ0v) is 15.4. The molecule has 2 aromatic carbocycles. The first-order valence-corrected chi connectivity index (χ1v) is 8.93. The van der Waals surface area contributed by atoms with Crippen molar-refractivity contribution in [3.05, 3.63) is 64.2 Å². The number of thioether (sulfide) groups is 1. The van der Waals surface area contributed by atoms with Crippen molar-refractivity contribution in [3.63, 3.8) is 0 Å². The Morgan fingerprint density at radius 1 is 1.15 bits per heavy atom. The molecule has 1 heterocycles. The minimum atomic E-state index is -0.495. The van der Waals surface area contributed by atoms with Crippen LogP contribution in [0.1, 0.15) is 12.5 Å². The molecule has 1 aromatic heterocycles. The minimum Gasteiger partial charge on any atom is -0.411 e. The van der Waals surface area contributed by atoms with Crippen LogP contribution >= 0.6 is 11.8 Å². The van der Waals surface area contributed by atoms with Crippen LogP contribution in [0, 0.1) is 17.0 Å². The smallest absolute Gasteiger partial charge is 0.277 e. The number of aromatic nitrogens is 2. The molecule has 0 aliphatic heterocycles. The van der Waals surface area contributed by atoms with E-state index in [1.165, 1.54) is 24.3 Å². The number of anilines is 1. The third-order valence-electron chi connectivity index (χ3n) is 3.70. The lowest BCUT2D eigenvalue weighted by molar-refractivity contribution is -0.384. The molecule has 1 atom stereocenters. The number of carbonyl (C=O) groups excluding carboxylic acids is 1. The first-order valence-electron chi connectivity index (χ1n) is 8.05. The molecule has 3 aromatic rings. The van der Waals surface area contributed by atoms with E-state index in [4.69, 9.17) is 4.42 Å². The van der Waals surface area contributed by atoms with Gasteiger partial charge in [-0.05, 0) is 38.1 Å². The van der Waals surface area contributed by atoms with Gasteiger partial charge in [-0.2, -0.15) is 0 Å². The summed E-state index contributed by atoms with van der Waals surface area (Å²) in [4.78, 5) is 22.5. The molecule has 1 amide bonds. The highest BCUT2D eigenvalue weighted by Gasteiger charge is 2.19. The molecular weight excluding hydrogens is 368 g/mol. The van der Waals surface area contributed by atoms with Gasteiger partial charge in [0.15, 0.2) is 0 Å². The van der Waals surface area contributed by atoms with Crippen LogP contribution in [0.25, 0.3) is 11.5 Å². The third-order valence-corrected chi connectivity index (χ3v) is 4.63. The summed E-state index contributed by atoms with van der Waals surface area (Å²) in [6.07, 6.45) is 0. The molecule has 27 heavy (non-hydrogen) atoms. The lowest BCUT2D eigenvalue weighted by atomic mass is 10.1. The Bertz CT molecular complexity index is 954. The van der Waals surface area contributed by atoms with Crippen LogP contribution in [0.5, 0.6) is 0 Å². The van der Waals surface area contributed by atoms with Crippen LogP contribution in [-0.2, 0) is 4.79 Å². The molecule has 0 fully saturated rings. The number of hydrogen-bond donors (Lipinski definition) is 1. The number of benzene rings is 2. The monoisotopic (exact) mass is 384 g/mol. The number of rotatable bonds is 6. The topological polar surface area (TPSA) is 111 Å². The Balaban J connectivity index is 1.61. The number of non-ortho nitro benzene ring substituents is 1. The summed E-state index contributed by atoms with van der Waals surface area (Å²) < 4.78 is 5.61. The van der Waals surface area contributed by atoms with Crippen LogP contribution in [0.2, 0.25) is 0 Å². The highest BCUT2D eigenvalue weighted by molar-refractivity contribution is 8.00. The van der Waals surface area contributed by atoms with E-state index in [9.17, 15) is 14.9 Å². The predicted octanol–water partition coefficient (Wildman–Crippen LogP) is 4.07. The van der Waals surface area contributed by atoms with Gasteiger partial charge in [-0.1, -0.05) is 29.5 Å². The van der Waals surface area contributed by atoms with Crippen molar-refractivity contribution in [1.82, 2.24) is 10.2 Å². The summed E-state index contributed by atoms with van der Waals surface area (Å²) in [5.74, 6) is 0.115. The lowest BCUT2D eigenvalue weighted by Gasteiger charge is -2.09. The molecule has 8 nitrogen and oxygen atoms in total. The van der Waals surface area contributed by atoms with Crippen LogP contribution in [-0.4, -0.2) is 26.3 Å². The molecule has 3 rings (SSSR count). The van der Waals surface area contributed by atoms with Crippen molar-refractivity contribution in [3.8, 4) is 11.5 Å². The van der Waals surface area contributed by atoms with Gasteiger partial charge >= 0.3 is 0 Å². The number of nitro benzene ring substituents is 1. The number of carbonyl (C=O) groups is 1. The van der Waals surface area contributed by atoms with E-state index >= 15 is 0 Å². The summed E-state index contributed by atoms with van der Waals surface area (Å²) >= 11 is 1.14. The van der Waals surface area contributed by atoms with Crippen molar-refractivity contribution in [1.29, 1.82) is 0 Å². The fraction of sp³-hybridized carbons (Fsp3) is 0.167. The van der Waals surface area contributed by atoms with E-state index in [0.29, 0.717) is 11.6 Å². The Morgan fingerprint density at radius 3 is 2.44 bits per heavy atom. The Hall–Kier alpha value is -3.20. The zero-order valence-electron chi connectivity index (χ0n) is 14.6. The molecule has 9 heteroatoms. The number of amides is 1. The number of aryl methyl sites for hydroxylation is 1. The normalized spacial score (nSPS) is 11.8. The highest BCUT2D eigenvalue weighted by Crippen LogP contribution is 2.27. The van der Waals surface area contributed by atoms with Gasteiger partial charge in [0, 0.05) is 23.4 Å². The Labute approximate surface area is 159 Å².